The third-order valence-electron chi connectivity index (χ3n) is 5.24. The third-order valence-corrected chi connectivity index (χ3v) is 5.24. The van der Waals surface area contributed by atoms with Crippen molar-refractivity contribution in [3.8, 4) is 0 Å². The van der Waals surface area contributed by atoms with Crippen LogP contribution >= 0.6 is 0 Å². The summed E-state index contributed by atoms with van der Waals surface area (Å²) in [6.07, 6.45) is 6.61. The van der Waals surface area contributed by atoms with Crippen LogP contribution in [-0.2, 0) is 0 Å². The van der Waals surface area contributed by atoms with E-state index < -0.39 is 0 Å². The van der Waals surface area contributed by atoms with Crippen LogP contribution in [0.3, 0.4) is 0 Å². The second kappa shape index (κ2) is 5.82. The largest absolute Gasteiger partial charge is 0.329 e. The molecular formula is C17H25FN2. The molecule has 2 aliphatic rings. The van der Waals surface area contributed by atoms with Gasteiger partial charge in [0, 0.05) is 18.6 Å². The fourth-order valence-electron chi connectivity index (χ4n) is 4.16. The van der Waals surface area contributed by atoms with E-state index in [2.05, 4.69) is 11.0 Å². The highest BCUT2D eigenvalue weighted by Gasteiger charge is 2.38. The number of benzene rings is 1. The molecule has 20 heavy (non-hydrogen) atoms. The van der Waals surface area contributed by atoms with Gasteiger partial charge in [0.25, 0.3) is 0 Å². The molecule has 3 heteroatoms. The first-order valence-electron chi connectivity index (χ1n) is 7.92. The second-order valence-corrected chi connectivity index (χ2v) is 6.40. The molecule has 3 atom stereocenters. The minimum atomic E-state index is -0.110. The van der Waals surface area contributed by atoms with E-state index in [9.17, 15) is 4.39 Å². The van der Waals surface area contributed by atoms with Crippen molar-refractivity contribution in [1.82, 2.24) is 4.90 Å². The van der Waals surface area contributed by atoms with Gasteiger partial charge in [-0.15, -0.1) is 0 Å². The van der Waals surface area contributed by atoms with Gasteiger partial charge in [-0.2, -0.15) is 0 Å². The SMILES string of the molecule is Cc1ccc(C(CN)N2CCCC3CCCC32)cc1F. The normalized spacial score (nSPS) is 28.4. The zero-order valence-electron chi connectivity index (χ0n) is 12.3. The van der Waals surface area contributed by atoms with Crippen molar-refractivity contribution in [2.75, 3.05) is 13.1 Å². The van der Waals surface area contributed by atoms with Crippen LogP contribution in [0.5, 0.6) is 0 Å². The second-order valence-electron chi connectivity index (χ2n) is 6.40. The molecule has 1 saturated carbocycles. The summed E-state index contributed by atoms with van der Waals surface area (Å²) >= 11 is 0. The summed E-state index contributed by atoms with van der Waals surface area (Å²) in [5.41, 5.74) is 7.80. The van der Waals surface area contributed by atoms with Crippen molar-refractivity contribution < 1.29 is 4.39 Å². The van der Waals surface area contributed by atoms with Crippen molar-refractivity contribution in [3.05, 3.63) is 35.1 Å². The Morgan fingerprint density at radius 3 is 2.85 bits per heavy atom. The number of nitrogens with zero attached hydrogens (tertiary/aromatic N) is 1. The van der Waals surface area contributed by atoms with Crippen LogP contribution < -0.4 is 5.73 Å². The smallest absolute Gasteiger partial charge is 0.126 e. The van der Waals surface area contributed by atoms with Crippen LogP contribution in [0, 0.1) is 18.7 Å². The molecule has 110 valence electrons. The predicted molar refractivity (Wildman–Crippen MR) is 80.0 cm³/mol. The van der Waals surface area contributed by atoms with E-state index in [1.54, 1.807) is 6.07 Å². The summed E-state index contributed by atoms with van der Waals surface area (Å²) in [6.45, 7) is 3.49. The van der Waals surface area contributed by atoms with Gasteiger partial charge in [0.05, 0.1) is 0 Å². The number of halogens is 1. The van der Waals surface area contributed by atoms with Crippen molar-refractivity contribution in [2.45, 2.75) is 51.1 Å². The zero-order chi connectivity index (χ0) is 14.1. The lowest BCUT2D eigenvalue weighted by atomic mass is 9.89. The molecular weight excluding hydrogens is 251 g/mol. The average molecular weight is 276 g/mol. The summed E-state index contributed by atoms with van der Waals surface area (Å²) in [4.78, 5) is 2.56. The zero-order valence-corrected chi connectivity index (χ0v) is 12.3. The highest BCUT2D eigenvalue weighted by Crippen LogP contribution is 2.40. The molecule has 1 aliphatic carbocycles. The van der Waals surface area contributed by atoms with Gasteiger partial charge >= 0.3 is 0 Å². The highest BCUT2D eigenvalue weighted by atomic mass is 19.1. The summed E-state index contributed by atoms with van der Waals surface area (Å²) in [5.74, 6) is 0.731. The van der Waals surface area contributed by atoms with E-state index in [0.29, 0.717) is 18.2 Å². The van der Waals surface area contributed by atoms with Crippen molar-refractivity contribution >= 4 is 0 Å². The van der Waals surface area contributed by atoms with E-state index in [4.69, 9.17) is 5.73 Å². The van der Waals surface area contributed by atoms with Crippen LogP contribution in [0.25, 0.3) is 0 Å². The molecule has 1 saturated heterocycles. The summed E-state index contributed by atoms with van der Waals surface area (Å²) in [5, 5.41) is 0. The highest BCUT2D eigenvalue weighted by molar-refractivity contribution is 5.26. The van der Waals surface area contributed by atoms with Gasteiger partial charge in [0.15, 0.2) is 0 Å². The van der Waals surface area contributed by atoms with Gasteiger partial charge in [-0.3, -0.25) is 4.90 Å². The molecule has 0 spiro atoms. The molecule has 0 radical (unpaired) electrons. The predicted octanol–water partition coefficient (Wildman–Crippen LogP) is 3.40. The van der Waals surface area contributed by atoms with Gasteiger partial charge in [0.1, 0.15) is 5.82 Å². The standard InChI is InChI=1S/C17H25FN2/c1-12-7-8-14(10-15(12)18)17(11-19)20-9-3-5-13-4-2-6-16(13)20/h7-8,10,13,16-17H,2-6,9,11,19H2,1H3. The van der Waals surface area contributed by atoms with Crippen molar-refractivity contribution in [2.24, 2.45) is 11.7 Å². The van der Waals surface area contributed by atoms with Crippen LogP contribution in [0.1, 0.15) is 49.3 Å². The number of hydrogen-bond donors (Lipinski definition) is 1. The molecule has 1 aliphatic heterocycles. The number of piperidine rings is 1. The summed E-state index contributed by atoms with van der Waals surface area (Å²) in [7, 11) is 0. The minimum absolute atomic E-state index is 0.110. The number of rotatable bonds is 3. The summed E-state index contributed by atoms with van der Waals surface area (Å²) in [6, 6.07) is 6.46. The maximum atomic E-state index is 13.9. The van der Waals surface area contributed by atoms with Gasteiger partial charge in [-0.05, 0) is 62.3 Å². The number of aryl methyl sites for hydroxylation is 1. The van der Waals surface area contributed by atoms with Crippen molar-refractivity contribution in [1.29, 1.82) is 0 Å². The van der Waals surface area contributed by atoms with E-state index in [1.807, 2.05) is 13.0 Å². The van der Waals surface area contributed by atoms with E-state index >= 15 is 0 Å². The Balaban J connectivity index is 1.86. The van der Waals surface area contributed by atoms with Crippen LogP contribution in [0.15, 0.2) is 18.2 Å². The maximum Gasteiger partial charge on any atom is 0.126 e. The molecule has 3 rings (SSSR count). The molecule has 2 fully saturated rings. The van der Waals surface area contributed by atoms with E-state index in [0.717, 1.165) is 18.0 Å². The van der Waals surface area contributed by atoms with Crippen LogP contribution in [-0.4, -0.2) is 24.0 Å². The van der Waals surface area contributed by atoms with E-state index in [-0.39, 0.29) is 11.9 Å². The Morgan fingerprint density at radius 1 is 1.30 bits per heavy atom. The molecule has 1 aromatic carbocycles. The minimum Gasteiger partial charge on any atom is -0.329 e. The Labute approximate surface area is 121 Å². The molecule has 0 amide bonds. The number of nitrogens with two attached hydrogens (primary N) is 1. The fourth-order valence-corrected chi connectivity index (χ4v) is 4.16. The quantitative estimate of drug-likeness (QED) is 0.917. The number of fused-ring (bicyclic) bond motifs is 1. The molecule has 2 nitrogen and oxygen atoms in total. The van der Waals surface area contributed by atoms with Gasteiger partial charge in [-0.1, -0.05) is 18.6 Å². The third kappa shape index (κ3) is 2.49. The molecule has 1 heterocycles. The van der Waals surface area contributed by atoms with Crippen LogP contribution in [0.2, 0.25) is 0 Å². The molecule has 0 bridgehead atoms. The Morgan fingerprint density at radius 2 is 2.10 bits per heavy atom. The van der Waals surface area contributed by atoms with Gasteiger partial charge in [-0.25, -0.2) is 4.39 Å². The Bertz CT molecular complexity index is 474. The van der Waals surface area contributed by atoms with Gasteiger partial charge in [0.2, 0.25) is 0 Å². The first kappa shape index (κ1) is 14.0. The topological polar surface area (TPSA) is 29.3 Å². The number of likely N-dealkylation sites (tertiary alicyclic amines) is 1. The first-order valence-corrected chi connectivity index (χ1v) is 7.92. The van der Waals surface area contributed by atoms with Gasteiger partial charge < -0.3 is 5.73 Å². The molecule has 3 unspecified atom stereocenters. The lowest BCUT2D eigenvalue weighted by molar-refractivity contribution is 0.0700. The lowest BCUT2D eigenvalue weighted by Crippen LogP contribution is -2.46. The van der Waals surface area contributed by atoms with Crippen LogP contribution in [0.4, 0.5) is 4.39 Å². The average Bonchev–Trinajstić information content (AvgIpc) is 2.93. The molecule has 0 aromatic heterocycles. The van der Waals surface area contributed by atoms with E-state index in [1.165, 1.54) is 32.1 Å². The number of hydrogen-bond acceptors (Lipinski definition) is 2. The fraction of sp³-hybridized carbons (Fsp3) is 0.647. The molecule has 1 aromatic rings. The molecule has 2 N–H and O–H groups in total. The first-order chi connectivity index (χ1) is 9.70. The lowest BCUT2D eigenvalue weighted by Gasteiger charge is -2.42. The Kier molecular flexibility index (Phi) is 4.08. The Hall–Kier alpha value is -0.930. The van der Waals surface area contributed by atoms with Crippen molar-refractivity contribution in [3.63, 3.8) is 0 Å². The maximum absolute atomic E-state index is 13.9. The monoisotopic (exact) mass is 276 g/mol. The summed E-state index contributed by atoms with van der Waals surface area (Å²) < 4.78 is 13.9.